The number of aliphatic hydroxyl groups excluding tert-OH is 1. The minimum Gasteiger partial charge on any atom is -0.396 e. The first kappa shape index (κ1) is 9.75. The van der Waals surface area contributed by atoms with E-state index in [0.717, 1.165) is 25.7 Å². The zero-order chi connectivity index (χ0) is 9.03. The van der Waals surface area contributed by atoms with Crippen LogP contribution in [0.15, 0.2) is 12.2 Å². The topological polar surface area (TPSA) is 40.5 Å². The summed E-state index contributed by atoms with van der Waals surface area (Å²) in [5.41, 5.74) is -0.734. The molecular weight excluding hydrogens is 152 g/mol. The number of rotatable bonds is 2. The van der Waals surface area contributed by atoms with E-state index in [2.05, 4.69) is 0 Å². The molecule has 0 radical (unpaired) electrons. The summed E-state index contributed by atoms with van der Waals surface area (Å²) in [6.07, 6.45) is 7.63. The maximum Gasteiger partial charge on any atom is 0.0877 e. The normalized spacial score (nSPS) is 37.4. The molecule has 1 saturated carbocycles. The third-order valence-electron chi connectivity index (χ3n) is 2.76. The fraction of sp³-hybridized carbons (Fsp3) is 0.800. The Morgan fingerprint density at radius 2 is 2.25 bits per heavy atom. The molecule has 0 aliphatic heterocycles. The summed E-state index contributed by atoms with van der Waals surface area (Å²) in [5, 5.41) is 19.1. The van der Waals surface area contributed by atoms with Gasteiger partial charge in [-0.05, 0) is 19.8 Å². The summed E-state index contributed by atoms with van der Waals surface area (Å²) < 4.78 is 0. The lowest BCUT2D eigenvalue weighted by Gasteiger charge is -2.36. The van der Waals surface area contributed by atoms with E-state index in [1.54, 1.807) is 0 Å². The molecule has 2 nitrogen and oxygen atoms in total. The molecule has 0 aromatic heterocycles. The Bertz CT molecular complexity index is 165. The summed E-state index contributed by atoms with van der Waals surface area (Å²) in [4.78, 5) is 0. The summed E-state index contributed by atoms with van der Waals surface area (Å²) in [6.45, 7) is 2.00. The maximum absolute atomic E-state index is 10.1. The van der Waals surface area contributed by atoms with Gasteiger partial charge in [-0.2, -0.15) is 0 Å². The van der Waals surface area contributed by atoms with Crippen molar-refractivity contribution in [3.63, 3.8) is 0 Å². The first-order valence-corrected chi connectivity index (χ1v) is 4.70. The van der Waals surface area contributed by atoms with Crippen LogP contribution in [0.1, 0.15) is 32.6 Å². The molecule has 1 aliphatic carbocycles. The highest BCUT2D eigenvalue weighted by molar-refractivity contribution is 5.05. The molecule has 0 aromatic carbocycles. The molecule has 2 N–H and O–H groups in total. The number of allylic oxidation sites excluding steroid dienone is 1. The Hall–Kier alpha value is -0.340. The van der Waals surface area contributed by atoms with Gasteiger partial charge < -0.3 is 10.2 Å². The lowest BCUT2D eigenvalue weighted by atomic mass is 9.75. The van der Waals surface area contributed by atoms with E-state index in [9.17, 15) is 5.11 Å². The summed E-state index contributed by atoms with van der Waals surface area (Å²) in [5.74, 6) is 0.0439. The van der Waals surface area contributed by atoms with Crippen molar-refractivity contribution >= 4 is 0 Å². The van der Waals surface area contributed by atoms with Crippen molar-refractivity contribution < 1.29 is 10.2 Å². The van der Waals surface area contributed by atoms with Crippen molar-refractivity contribution in [1.29, 1.82) is 0 Å². The molecule has 0 spiro atoms. The molecule has 0 aromatic rings. The van der Waals surface area contributed by atoms with Crippen molar-refractivity contribution in [2.75, 3.05) is 6.61 Å². The SMILES string of the molecule is C/C=C/[C@]1(O)CCCC[C@@H]1CO. The Labute approximate surface area is 73.9 Å². The van der Waals surface area contributed by atoms with Crippen molar-refractivity contribution in [1.82, 2.24) is 0 Å². The second-order valence-electron chi connectivity index (χ2n) is 3.62. The Morgan fingerprint density at radius 3 is 2.83 bits per heavy atom. The number of aliphatic hydroxyl groups is 2. The molecule has 70 valence electrons. The van der Waals surface area contributed by atoms with Crippen LogP contribution in [0, 0.1) is 5.92 Å². The van der Waals surface area contributed by atoms with Gasteiger partial charge in [-0.15, -0.1) is 0 Å². The number of hydrogen-bond donors (Lipinski definition) is 2. The second-order valence-corrected chi connectivity index (χ2v) is 3.62. The summed E-state index contributed by atoms with van der Waals surface area (Å²) >= 11 is 0. The molecule has 0 bridgehead atoms. The van der Waals surface area contributed by atoms with Gasteiger partial charge in [0.15, 0.2) is 0 Å². The molecule has 12 heavy (non-hydrogen) atoms. The zero-order valence-electron chi connectivity index (χ0n) is 7.66. The Kier molecular flexibility index (Phi) is 3.29. The van der Waals surface area contributed by atoms with Crippen molar-refractivity contribution in [3.8, 4) is 0 Å². The average molecular weight is 170 g/mol. The van der Waals surface area contributed by atoms with Crippen LogP contribution in [0.4, 0.5) is 0 Å². The van der Waals surface area contributed by atoms with Crippen molar-refractivity contribution in [3.05, 3.63) is 12.2 Å². The van der Waals surface area contributed by atoms with E-state index in [-0.39, 0.29) is 12.5 Å². The summed E-state index contributed by atoms with van der Waals surface area (Å²) in [6, 6.07) is 0. The van der Waals surface area contributed by atoms with E-state index >= 15 is 0 Å². The minimum atomic E-state index is -0.734. The van der Waals surface area contributed by atoms with Gasteiger partial charge in [0.25, 0.3) is 0 Å². The van der Waals surface area contributed by atoms with Crippen LogP contribution in [0.3, 0.4) is 0 Å². The molecular formula is C10H18O2. The van der Waals surface area contributed by atoms with Gasteiger partial charge in [-0.1, -0.05) is 25.0 Å². The van der Waals surface area contributed by atoms with E-state index < -0.39 is 5.60 Å². The second kappa shape index (κ2) is 4.06. The Balaban J connectivity index is 2.68. The third kappa shape index (κ3) is 1.87. The quantitative estimate of drug-likeness (QED) is 0.616. The molecule has 0 saturated heterocycles. The highest BCUT2D eigenvalue weighted by Gasteiger charge is 2.35. The molecule has 2 heteroatoms. The third-order valence-corrected chi connectivity index (χ3v) is 2.76. The van der Waals surface area contributed by atoms with E-state index in [1.807, 2.05) is 19.1 Å². The van der Waals surface area contributed by atoms with Crippen molar-refractivity contribution in [2.45, 2.75) is 38.2 Å². The monoisotopic (exact) mass is 170 g/mol. The van der Waals surface area contributed by atoms with Gasteiger partial charge in [0.2, 0.25) is 0 Å². The first-order valence-electron chi connectivity index (χ1n) is 4.70. The van der Waals surface area contributed by atoms with Crippen LogP contribution in [-0.4, -0.2) is 22.4 Å². The lowest BCUT2D eigenvalue weighted by molar-refractivity contribution is -0.0281. The van der Waals surface area contributed by atoms with Crippen LogP contribution in [0.25, 0.3) is 0 Å². The van der Waals surface area contributed by atoms with Crippen LogP contribution in [-0.2, 0) is 0 Å². The predicted molar refractivity (Wildman–Crippen MR) is 48.8 cm³/mol. The van der Waals surface area contributed by atoms with Crippen LogP contribution < -0.4 is 0 Å². The minimum absolute atomic E-state index is 0.0439. The largest absolute Gasteiger partial charge is 0.396 e. The fourth-order valence-electron chi connectivity index (χ4n) is 2.01. The van der Waals surface area contributed by atoms with Crippen molar-refractivity contribution in [2.24, 2.45) is 5.92 Å². The summed E-state index contributed by atoms with van der Waals surface area (Å²) in [7, 11) is 0. The molecule has 0 amide bonds. The lowest BCUT2D eigenvalue weighted by Crippen LogP contribution is -2.40. The maximum atomic E-state index is 10.1. The number of hydrogen-bond acceptors (Lipinski definition) is 2. The van der Waals surface area contributed by atoms with E-state index in [4.69, 9.17) is 5.11 Å². The van der Waals surface area contributed by atoms with Gasteiger partial charge >= 0.3 is 0 Å². The standard InChI is InChI=1S/C10H18O2/c1-2-6-10(12)7-4-3-5-9(10)8-11/h2,6,9,11-12H,3-5,7-8H2,1H3/b6-2+/t9-,10+/m1/s1. The molecule has 2 atom stereocenters. The van der Waals surface area contributed by atoms with Gasteiger partial charge in [-0.3, -0.25) is 0 Å². The average Bonchev–Trinajstić information content (AvgIpc) is 2.05. The van der Waals surface area contributed by atoms with Crippen LogP contribution in [0.5, 0.6) is 0 Å². The molecule has 0 heterocycles. The van der Waals surface area contributed by atoms with Gasteiger partial charge in [0.1, 0.15) is 0 Å². The molecule has 1 fully saturated rings. The highest BCUT2D eigenvalue weighted by atomic mass is 16.3. The van der Waals surface area contributed by atoms with Crippen LogP contribution in [0.2, 0.25) is 0 Å². The molecule has 0 unspecified atom stereocenters. The van der Waals surface area contributed by atoms with Crippen LogP contribution >= 0.6 is 0 Å². The first-order chi connectivity index (χ1) is 5.73. The zero-order valence-corrected chi connectivity index (χ0v) is 7.66. The van der Waals surface area contributed by atoms with Gasteiger partial charge in [0, 0.05) is 12.5 Å². The van der Waals surface area contributed by atoms with Gasteiger partial charge in [0.05, 0.1) is 5.60 Å². The smallest absolute Gasteiger partial charge is 0.0877 e. The fourth-order valence-corrected chi connectivity index (χ4v) is 2.01. The molecule has 1 rings (SSSR count). The Morgan fingerprint density at radius 1 is 1.50 bits per heavy atom. The molecule has 1 aliphatic rings. The highest BCUT2D eigenvalue weighted by Crippen LogP contribution is 2.34. The predicted octanol–water partition coefficient (Wildman–Crippen LogP) is 1.48. The van der Waals surface area contributed by atoms with E-state index in [0.29, 0.717) is 0 Å². The van der Waals surface area contributed by atoms with Gasteiger partial charge in [-0.25, -0.2) is 0 Å². The van der Waals surface area contributed by atoms with E-state index in [1.165, 1.54) is 0 Å².